The number of hydrogen-bond acceptors (Lipinski definition) is 5. The summed E-state index contributed by atoms with van der Waals surface area (Å²) in [4.78, 5) is 28.6. The second kappa shape index (κ2) is 8.71. The maximum atomic E-state index is 13.1. The lowest BCUT2D eigenvalue weighted by Gasteiger charge is -2.14. The Bertz CT molecular complexity index is 940. The average Bonchev–Trinajstić information content (AvgIpc) is 2.93. The molecule has 0 aromatic heterocycles. The summed E-state index contributed by atoms with van der Waals surface area (Å²) < 4.78 is 10.6. The largest absolute Gasteiger partial charge is 0.493 e. The number of rotatable bonds is 7. The Kier molecular flexibility index (Phi) is 6.31. The van der Waals surface area contributed by atoms with Crippen LogP contribution >= 0.6 is 23.4 Å². The van der Waals surface area contributed by atoms with Crippen molar-refractivity contribution in [2.24, 2.45) is 0 Å². The molecular weight excluding hydrogens is 398 g/mol. The lowest BCUT2D eigenvalue weighted by Crippen LogP contribution is -2.32. The van der Waals surface area contributed by atoms with Crippen LogP contribution in [0.25, 0.3) is 5.57 Å². The number of nitrogens with zero attached hydrogens (tertiary/aromatic N) is 1. The van der Waals surface area contributed by atoms with E-state index in [0.717, 1.165) is 4.90 Å². The zero-order valence-corrected chi connectivity index (χ0v) is 17.4. The van der Waals surface area contributed by atoms with E-state index in [2.05, 4.69) is 0 Å². The SMILES string of the molecule is CCCN1C(=O)C(Sc2ccc(Cl)cc2)=C(c2ccc(OC)c(OC)c2)C1=O. The third-order valence-electron chi connectivity index (χ3n) is 4.28. The Morgan fingerprint density at radius 2 is 1.64 bits per heavy atom. The van der Waals surface area contributed by atoms with E-state index in [0.29, 0.717) is 45.5 Å². The van der Waals surface area contributed by atoms with Crippen LogP contribution in [-0.2, 0) is 9.59 Å². The Morgan fingerprint density at radius 3 is 2.25 bits per heavy atom. The van der Waals surface area contributed by atoms with Crippen LogP contribution < -0.4 is 9.47 Å². The standard InChI is InChI=1S/C21H20ClNO4S/c1-4-11-23-20(24)18(13-5-10-16(26-2)17(12-13)27-3)19(21(23)25)28-15-8-6-14(22)7-9-15/h5-10,12H,4,11H2,1-3H3. The molecule has 0 unspecified atom stereocenters. The van der Waals surface area contributed by atoms with Crippen molar-refractivity contribution < 1.29 is 19.1 Å². The zero-order chi connectivity index (χ0) is 20.3. The predicted octanol–water partition coefficient (Wildman–Crippen LogP) is 4.64. The number of thioether (sulfide) groups is 1. The first kappa shape index (κ1) is 20.3. The summed E-state index contributed by atoms with van der Waals surface area (Å²) in [6, 6.07) is 12.4. The van der Waals surface area contributed by atoms with E-state index in [9.17, 15) is 9.59 Å². The smallest absolute Gasteiger partial charge is 0.268 e. The molecule has 0 aliphatic carbocycles. The summed E-state index contributed by atoms with van der Waals surface area (Å²) in [7, 11) is 3.08. The van der Waals surface area contributed by atoms with Gasteiger partial charge < -0.3 is 9.47 Å². The maximum absolute atomic E-state index is 13.1. The van der Waals surface area contributed by atoms with Crippen molar-refractivity contribution in [2.75, 3.05) is 20.8 Å². The van der Waals surface area contributed by atoms with Crippen LogP contribution in [0.3, 0.4) is 0 Å². The normalized spacial score (nSPS) is 14.1. The summed E-state index contributed by atoms with van der Waals surface area (Å²) >= 11 is 7.22. The van der Waals surface area contributed by atoms with E-state index in [1.807, 2.05) is 19.1 Å². The number of carbonyl (C=O) groups is 2. The molecule has 0 spiro atoms. The molecule has 0 radical (unpaired) electrons. The fraction of sp³-hybridized carbons (Fsp3) is 0.238. The van der Waals surface area contributed by atoms with Gasteiger partial charge in [-0.15, -0.1) is 0 Å². The number of hydrogen-bond donors (Lipinski definition) is 0. The van der Waals surface area contributed by atoms with Gasteiger partial charge in [-0.05, 0) is 48.4 Å². The lowest BCUT2D eigenvalue weighted by molar-refractivity contribution is -0.136. The van der Waals surface area contributed by atoms with Crippen molar-refractivity contribution in [3.63, 3.8) is 0 Å². The molecule has 0 atom stereocenters. The summed E-state index contributed by atoms with van der Waals surface area (Å²) in [5, 5.41) is 0.611. The van der Waals surface area contributed by atoms with E-state index < -0.39 is 0 Å². The number of imide groups is 1. The fourth-order valence-corrected chi connectivity index (χ4v) is 4.08. The highest BCUT2D eigenvalue weighted by molar-refractivity contribution is 8.04. The van der Waals surface area contributed by atoms with Gasteiger partial charge in [-0.2, -0.15) is 0 Å². The molecule has 2 aromatic carbocycles. The fourth-order valence-electron chi connectivity index (χ4n) is 2.94. The molecule has 28 heavy (non-hydrogen) atoms. The molecule has 0 fully saturated rings. The Balaban J connectivity index is 2.10. The molecule has 1 aliphatic rings. The number of ether oxygens (including phenoxy) is 2. The third-order valence-corrected chi connectivity index (χ3v) is 5.62. The van der Waals surface area contributed by atoms with E-state index >= 15 is 0 Å². The molecule has 0 saturated carbocycles. The van der Waals surface area contributed by atoms with E-state index in [1.54, 1.807) is 37.4 Å². The molecule has 0 bridgehead atoms. The molecule has 1 heterocycles. The van der Waals surface area contributed by atoms with E-state index in [4.69, 9.17) is 21.1 Å². The topological polar surface area (TPSA) is 55.8 Å². The second-order valence-corrected chi connectivity index (χ2v) is 7.61. The molecule has 1 aliphatic heterocycles. The van der Waals surface area contributed by atoms with Gasteiger partial charge in [0.15, 0.2) is 11.5 Å². The highest BCUT2D eigenvalue weighted by Crippen LogP contribution is 2.41. The zero-order valence-electron chi connectivity index (χ0n) is 15.8. The number of benzene rings is 2. The van der Waals surface area contributed by atoms with Gasteiger partial charge in [-0.1, -0.05) is 36.4 Å². The Hall–Kier alpha value is -2.44. The van der Waals surface area contributed by atoms with Crippen molar-refractivity contribution in [1.29, 1.82) is 0 Å². The molecule has 2 amide bonds. The minimum atomic E-state index is -0.296. The summed E-state index contributed by atoms with van der Waals surface area (Å²) in [5.74, 6) is 0.477. The highest BCUT2D eigenvalue weighted by atomic mass is 35.5. The van der Waals surface area contributed by atoms with Gasteiger partial charge in [0.05, 0.1) is 24.7 Å². The van der Waals surface area contributed by atoms with Crippen LogP contribution in [-0.4, -0.2) is 37.5 Å². The molecule has 3 rings (SSSR count). The minimum Gasteiger partial charge on any atom is -0.493 e. The van der Waals surface area contributed by atoms with Crippen LogP contribution in [0.5, 0.6) is 11.5 Å². The Labute approximate surface area is 173 Å². The van der Waals surface area contributed by atoms with Crippen molar-refractivity contribution in [2.45, 2.75) is 18.2 Å². The van der Waals surface area contributed by atoms with Gasteiger partial charge in [0, 0.05) is 16.5 Å². The average molecular weight is 418 g/mol. The van der Waals surface area contributed by atoms with Gasteiger partial charge in [0.1, 0.15) is 0 Å². The number of methoxy groups -OCH3 is 2. The molecule has 0 saturated heterocycles. The van der Waals surface area contributed by atoms with Crippen molar-refractivity contribution in [3.05, 3.63) is 58.0 Å². The first-order chi connectivity index (χ1) is 13.5. The van der Waals surface area contributed by atoms with Crippen LogP contribution in [0.15, 0.2) is 52.3 Å². The predicted molar refractivity (Wildman–Crippen MR) is 111 cm³/mol. The number of amides is 2. The van der Waals surface area contributed by atoms with Gasteiger partial charge >= 0.3 is 0 Å². The first-order valence-electron chi connectivity index (χ1n) is 8.76. The van der Waals surface area contributed by atoms with E-state index in [1.165, 1.54) is 23.8 Å². The monoisotopic (exact) mass is 417 g/mol. The van der Waals surface area contributed by atoms with Crippen LogP contribution in [0.4, 0.5) is 0 Å². The van der Waals surface area contributed by atoms with Crippen molar-refractivity contribution in [1.82, 2.24) is 4.90 Å². The molecule has 0 N–H and O–H groups in total. The number of halogens is 1. The van der Waals surface area contributed by atoms with Gasteiger partial charge in [-0.25, -0.2) is 0 Å². The molecule has 5 nitrogen and oxygen atoms in total. The summed E-state index contributed by atoms with van der Waals surface area (Å²) in [6.07, 6.45) is 0.690. The van der Waals surface area contributed by atoms with Gasteiger partial charge in [-0.3, -0.25) is 14.5 Å². The third kappa shape index (κ3) is 3.88. The number of carbonyl (C=O) groups excluding carboxylic acids is 2. The van der Waals surface area contributed by atoms with Gasteiger partial charge in [0.2, 0.25) is 0 Å². The second-order valence-electron chi connectivity index (χ2n) is 6.09. The first-order valence-corrected chi connectivity index (χ1v) is 9.95. The van der Waals surface area contributed by atoms with Crippen molar-refractivity contribution in [3.8, 4) is 11.5 Å². The molecular formula is C21H20ClNO4S. The van der Waals surface area contributed by atoms with Gasteiger partial charge in [0.25, 0.3) is 11.8 Å². The lowest BCUT2D eigenvalue weighted by atomic mass is 10.1. The maximum Gasteiger partial charge on any atom is 0.268 e. The Morgan fingerprint density at radius 1 is 0.964 bits per heavy atom. The van der Waals surface area contributed by atoms with Crippen molar-refractivity contribution >= 4 is 40.8 Å². The van der Waals surface area contributed by atoms with Crippen LogP contribution in [0.2, 0.25) is 5.02 Å². The molecule has 7 heteroatoms. The summed E-state index contributed by atoms with van der Waals surface area (Å²) in [5.41, 5.74) is 0.991. The highest BCUT2D eigenvalue weighted by Gasteiger charge is 2.39. The van der Waals surface area contributed by atoms with E-state index in [-0.39, 0.29) is 11.8 Å². The molecule has 2 aromatic rings. The minimum absolute atomic E-state index is 0.281. The quantitative estimate of drug-likeness (QED) is 0.614. The van der Waals surface area contributed by atoms with Crippen LogP contribution in [0.1, 0.15) is 18.9 Å². The van der Waals surface area contributed by atoms with Crippen LogP contribution in [0, 0.1) is 0 Å². The molecule has 146 valence electrons. The summed E-state index contributed by atoms with van der Waals surface area (Å²) in [6.45, 7) is 2.31.